The summed E-state index contributed by atoms with van der Waals surface area (Å²) in [6.07, 6.45) is 12.0. The minimum Gasteiger partial charge on any atom is -0.261 e. The second-order valence-electron chi connectivity index (χ2n) is 3.70. The van der Waals surface area contributed by atoms with E-state index in [-0.39, 0.29) is 0 Å². The van der Waals surface area contributed by atoms with E-state index < -0.39 is 0 Å². The van der Waals surface area contributed by atoms with Gasteiger partial charge in [0.05, 0.1) is 0 Å². The molecule has 1 aromatic rings. The summed E-state index contributed by atoms with van der Waals surface area (Å²) in [5.41, 5.74) is 3.88. The predicted molar refractivity (Wildman–Crippen MR) is 59.1 cm³/mol. The number of allylic oxidation sites excluding steroid dienone is 4. The first-order valence-electron chi connectivity index (χ1n) is 5.12. The van der Waals surface area contributed by atoms with Crippen molar-refractivity contribution in [1.82, 2.24) is 4.98 Å². The quantitative estimate of drug-likeness (QED) is 0.689. The normalized spacial score (nSPS) is 15.4. The summed E-state index contributed by atoms with van der Waals surface area (Å²) in [5, 5.41) is 0. The molecular weight excluding hydrogens is 170 g/mol. The smallest absolute Gasteiger partial charge is 0.0476 e. The lowest BCUT2D eigenvalue weighted by atomic mass is 10.0. The Bertz CT molecular complexity index is 375. The summed E-state index contributed by atoms with van der Waals surface area (Å²) in [4.78, 5) is 4.40. The number of hydrogen-bond donors (Lipinski definition) is 0. The summed E-state index contributed by atoms with van der Waals surface area (Å²) in [6.45, 7) is 2.12. The van der Waals surface area contributed by atoms with E-state index in [1.54, 1.807) is 0 Å². The molecular formula is C13H15N. The van der Waals surface area contributed by atoms with Gasteiger partial charge in [0.1, 0.15) is 0 Å². The molecule has 1 nitrogen and oxygen atoms in total. The van der Waals surface area contributed by atoms with E-state index in [2.05, 4.69) is 36.2 Å². The van der Waals surface area contributed by atoms with Gasteiger partial charge in [-0.25, -0.2) is 0 Å². The lowest BCUT2D eigenvalue weighted by molar-refractivity contribution is 0.969. The largest absolute Gasteiger partial charge is 0.261 e. The predicted octanol–water partition coefficient (Wildman–Crippen LogP) is 3.21. The molecule has 1 aliphatic rings. The molecule has 0 aliphatic heterocycles. The van der Waals surface area contributed by atoms with Crippen molar-refractivity contribution in [3.63, 3.8) is 0 Å². The van der Waals surface area contributed by atoms with Crippen molar-refractivity contribution in [2.24, 2.45) is 0 Å². The number of hydrogen-bond acceptors (Lipinski definition) is 1. The molecule has 0 fully saturated rings. The molecule has 1 heteroatoms. The SMILES string of the molecule is Cc1cccnc1CC1=CCCC=C1. The van der Waals surface area contributed by atoms with Crippen LogP contribution in [0.25, 0.3) is 0 Å². The van der Waals surface area contributed by atoms with Crippen LogP contribution in [0.15, 0.2) is 42.1 Å². The van der Waals surface area contributed by atoms with Crippen molar-refractivity contribution >= 4 is 0 Å². The molecule has 0 bridgehead atoms. The molecule has 14 heavy (non-hydrogen) atoms. The first-order valence-corrected chi connectivity index (χ1v) is 5.12. The molecule has 0 spiro atoms. The van der Waals surface area contributed by atoms with Gasteiger partial charge in [-0.15, -0.1) is 0 Å². The molecule has 72 valence electrons. The summed E-state index contributed by atoms with van der Waals surface area (Å²) < 4.78 is 0. The third-order valence-electron chi connectivity index (χ3n) is 2.56. The van der Waals surface area contributed by atoms with E-state index in [1.807, 2.05) is 12.3 Å². The van der Waals surface area contributed by atoms with Crippen molar-refractivity contribution < 1.29 is 0 Å². The third-order valence-corrected chi connectivity index (χ3v) is 2.56. The van der Waals surface area contributed by atoms with E-state index >= 15 is 0 Å². The Hall–Kier alpha value is -1.37. The van der Waals surface area contributed by atoms with Crippen LogP contribution in [0.1, 0.15) is 24.1 Å². The highest BCUT2D eigenvalue weighted by Gasteiger charge is 2.02. The topological polar surface area (TPSA) is 12.9 Å². The standard InChI is InChI=1S/C13H15N/c1-11-6-5-9-14-13(11)10-12-7-3-2-4-8-12/h3,5-9H,2,4,10H2,1H3. The molecule has 1 heterocycles. The van der Waals surface area contributed by atoms with Gasteiger partial charge >= 0.3 is 0 Å². The van der Waals surface area contributed by atoms with Crippen molar-refractivity contribution in [2.45, 2.75) is 26.2 Å². The number of aromatic nitrogens is 1. The molecule has 2 rings (SSSR count). The summed E-state index contributed by atoms with van der Waals surface area (Å²) in [6, 6.07) is 4.11. The fourth-order valence-corrected chi connectivity index (χ4v) is 1.70. The Morgan fingerprint density at radius 3 is 3.00 bits per heavy atom. The molecule has 0 radical (unpaired) electrons. The highest BCUT2D eigenvalue weighted by atomic mass is 14.7. The average Bonchev–Trinajstić information content (AvgIpc) is 2.23. The van der Waals surface area contributed by atoms with Crippen molar-refractivity contribution in [2.75, 3.05) is 0 Å². The number of nitrogens with zero attached hydrogens (tertiary/aromatic N) is 1. The minimum absolute atomic E-state index is 0.975. The lowest BCUT2D eigenvalue weighted by Gasteiger charge is -2.08. The molecule has 0 amide bonds. The summed E-state index contributed by atoms with van der Waals surface area (Å²) >= 11 is 0. The van der Waals surface area contributed by atoms with Gasteiger partial charge in [0.15, 0.2) is 0 Å². The van der Waals surface area contributed by atoms with Crippen molar-refractivity contribution in [1.29, 1.82) is 0 Å². The second kappa shape index (κ2) is 4.23. The maximum absolute atomic E-state index is 4.40. The van der Waals surface area contributed by atoms with Crippen LogP contribution >= 0.6 is 0 Å². The van der Waals surface area contributed by atoms with Gasteiger partial charge in [-0.05, 0) is 37.0 Å². The van der Waals surface area contributed by atoms with E-state index in [0.717, 1.165) is 6.42 Å². The fourth-order valence-electron chi connectivity index (χ4n) is 1.70. The number of rotatable bonds is 2. The van der Waals surface area contributed by atoms with Crippen LogP contribution in [0.3, 0.4) is 0 Å². The van der Waals surface area contributed by atoms with Crippen LogP contribution in [0.4, 0.5) is 0 Å². The van der Waals surface area contributed by atoms with E-state index in [1.165, 1.54) is 29.7 Å². The second-order valence-corrected chi connectivity index (χ2v) is 3.70. The summed E-state index contributed by atoms with van der Waals surface area (Å²) in [7, 11) is 0. The Morgan fingerprint density at radius 2 is 2.29 bits per heavy atom. The maximum atomic E-state index is 4.40. The zero-order valence-electron chi connectivity index (χ0n) is 8.53. The fraction of sp³-hybridized carbons (Fsp3) is 0.308. The highest BCUT2D eigenvalue weighted by molar-refractivity contribution is 5.30. The first kappa shape index (κ1) is 9.20. The lowest BCUT2D eigenvalue weighted by Crippen LogP contribution is -1.96. The van der Waals surface area contributed by atoms with Gasteiger partial charge in [-0.3, -0.25) is 4.98 Å². The molecule has 0 N–H and O–H groups in total. The van der Waals surface area contributed by atoms with Gasteiger partial charge in [-0.1, -0.05) is 24.3 Å². The maximum Gasteiger partial charge on any atom is 0.0476 e. The zero-order chi connectivity index (χ0) is 9.80. The molecule has 0 atom stereocenters. The Labute approximate surface area is 85.2 Å². The molecule has 0 saturated heterocycles. The van der Waals surface area contributed by atoms with Crippen LogP contribution in [0.2, 0.25) is 0 Å². The van der Waals surface area contributed by atoms with Gasteiger partial charge in [-0.2, -0.15) is 0 Å². The minimum atomic E-state index is 0.975. The molecule has 0 saturated carbocycles. The zero-order valence-corrected chi connectivity index (χ0v) is 8.53. The van der Waals surface area contributed by atoms with Gasteiger partial charge in [0, 0.05) is 18.3 Å². The van der Waals surface area contributed by atoms with Gasteiger partial charge < -0.3 is 0 Å². The number of pyridine rings is 1. The van der Waals surface area contributed by atoms with Gasteiger partial charge in [0.25, 0.3) is 0 Å². The van der Waals surface area contributed by atoms with Crippen LogP contribution in [-0.4, -0.2) is 4.98 Å². The van der Waals surface area contributed by atoms with Crippen LogP contribution in [0.5, 0.6) is 0 Å². The van der Waals surface area contributed by atoms with Crippen LogP contribution in [0, 0.1) is 6.92 Å². The molecule has 0 aromatic carbocycles. The molecule has 0 unspecified atom stereocenters. The molecule has 1 aliphatic carbocycles. The Morgan fingerprint density at radius 1 is 1.36 bits per heavy atom. The highest BCUT2D eigenvalue weighted by Crippen LogP contribution is 2.15. The number of aryl methyl sites for hydroxylation is 1. The third kappa shape index (κ3) is 2.11. The van der Waals surface area contributed by atoms with E-state index in [9.17, 15) is 0 Å². The van der Waals surface area contributed by atoms with Crippen LogP contribution in [-0.2, 0) is 6.42 Å². The average molecular weight is 185 g/mol. The Balaban J connectivity index is 2.14. The summed E-state index contributed by atoms with van der Waals surface area (Å²) in [5.74, 6) is 0. The van der Waals surface area contributed by atoms with E-state index in [4.69, 9.17) is 0 Å². The van der Waals surface area contributed by atoms with Crippen molar-refractivity contribution in [3.05, 3.63) is 53.4 Å². The Kier molecular flexibility index (Phi) is 2.78. The monoisotopic (exact) mass is 185 g/mol. The van der Waals surface area contributed by atoms with E-state index in [0.29, 0.717) is 0 Å². The van der Waals surface area contributed by atoms with Crippen LogP contribution < -0.4 is 0 Å². The molecule has 1 aromatic heterocycles. The van der Waals surface area contributed by atoms with Crippen molar-refractivity contribution in [3.8, 4) is 0 Å². The van der Waals surface area contributed by atoms with Gasteiger partial charge in [0.2, 0.25) is 0 Å². The first-order chi connectivity index (χ1) is 6.86.